The summed E-state index contributed by atoms with van der Waals surface area (Å²) in [6.07, 6.45) is 2.60. The molecular weight excluding hydrogens is 942 g/mol. The largest absolute Gasteiger partial charge is 0.475 e. The lowest BCUT2D eigenvalue weighted by molar-refractivity contribution is 0.0149. The van der Waals surface area contributed by atoms with Gasteiger partial charge in [-0.2, -0.15) is 0 Å². The fourth-order valence-corrected chi connectivity index (χ4v) is 5.70. The highest BCUT2D eigenvalue weighted by molar-refractivity contribution is 14.1. The summed E-state index contributed by atoms with van der Waals surface area (Å²) in [5, 5.41) is 8.78. The van der Waals surface area contributed by atoms with Crippen molar-refractivity contribution in [2.24, 2.45) is 0 Å². The number of amides is 2. The van der Waals surface area contributed by atoms with Gasteiger partial charge in [0.05, 0.1) is 20.3 Å². The Hall–Kier alpha value is -1.18. The summed E-state index contributed by atoms with van der Waals surface area (Å²) in [4.78, 5) is 44.4. The molecule has 11 nitrogen and oxygen atoms in total. The molecule has 256 valence electrons. The Morgan fingerprint density at radius 2 is 1.36 bits per heavy atom. The van der Waals surface area contributed by atoms with E-state index < -0.39 is 11.2 Å². The molecule has 2 N–H and O–H groups in total. The molecular formula is C30H46Br2I2N4O7. The second-order valence-corrected chi connectivity index (χ2v) is 16.2. The minimum atomic E-state index is -0.506. The smallest absolute Gasteiger partial charge is 0.410 e. The van der Waals surface area contributed by atoms with E-state index >= 15 is 0 Å². The summed E-state index contributed by atoms with van der Waals surface area (Å²) < 4.78 is 19.7. The number of aromatic amines is 1. The highest BCUT2D eigenvalue weighted by atomic mass is 127. The Bertz CT molecular complexity index is 1270. The van der Waals surface area contributed by atoms with Crippen LogP contribution in [0.4, 0.5) is 9.59 Å². The number of hydrogen-bond donors (Lipinski definition) is 2. The summed E-state index contributed by atoms with van der Waals surface area (Å²) in [6, 6.07) is 3.77. The van der Waals surface area contributed by atoms with E-state index in [4.69, 9.17) is 19.3 Å². The van der Waals surface area contributed by atoms with Gasteiger partial charge in [0.2, 0.25) is 5.88 Å². The van der Waals surface area contributed by atoms with E-state index in [1.807, 2.05) is 97.9 Å². The topological polar surface area (TPSA) is 134 Å². The molecule has 2 aromatic rings. The third-order valence-corrected chi connectivity index (χ3v) is 7.48. The zero-order valence-corrected chi connectivity index (χ0v) is 35.0. The maximum absolute atomic E-state index is 12.2. The molecule has 0 aromatic carbocycles. The van der Waals surface area contributed by atoms with Gasteiger partial charge in [-0.25, -0.2) is 14.6 Å². The van der Waals surface area contributed by atoms with E-state index in [9.17, 15) is 14.4 Å². The number of H-pyrrole nitrogens is 1. The van der Waals surface area contributed by atoms with Gasteiger partial charge in [0.1, 0.15) is 17.8 Å². The summed E-state index contributed by atoms with van der Waals surface area (Å²) in [5.74, 6) is 0.566. The van der Waals surface area contributed by atoms with Crippen molar-refractivity contribution in [3.05, 3.63) is 51.0 Å². The first-order chi connectivity index (χ1) is 20.6. The van der Waals surface area contributed by atoms with Gasteiger partial charge in [0, 0.05) is 40.0 Å². The number of aromatic nitrogens is 2. The minimum Gasteiger partial charge on any atom is -0.475 e. The minimum absolute atomic E-state index is 0.0374. The zero-order chi connectivity index (χ0) is 35.1. The number of nitrogens with one attached hydrogen (secondary N) is 1. The predicted molar refractivity (Wildman–Crippen MR) is 201 cm³/mol. The van der Waals surface area contributed by atoms with Crippen LogP contribution in [-0.4, -0.2) is 86.6 Å². The number of pyridine rings is 2. The Kier molecular flexibility index (Phi) is 20.4. The molecule has 15 heteroatoms. The third-order valence-electron chi connectivity index (χ3n) is 5.01. The number of ether oxygens (including phenoxy) is 3. The quantitative estimate of drug-likeness (QED) is 0.256. The second-order valence-electron chi connectivity index (χ2n) is 12.0. The van der Waals surface area contributed by atoms with Crippen LogP contribution in [0.3, 0.4) is 0 Å². The van der Waals surface area contributed by atoms with Crippen molar-refractivity contribution in [3.8, 4) is 5.88 Å². The summed E-state index contributed by atoms with van der Waals surface area (Å²) in [6.45, 7) is 19.8. The highest BCUT2D eigenvalue weighted by Crippen LogP contribution is 2.22. The standard InChI is InChI=1S/C15H22BrIN2O3.C10H21NO3.C5H3BrINO/c1-10(2)19(14(20)22-15(3,4)5)6-7-21-13-12(17)8-11(16)9-18-13;1-8(2)11(6-7-12)9(13)14-10(3,4)5;6-3-1-4(7)5(9)8-2-3/h8-10H,6-7H2,1-5H3;8,12H,6-7H2,1-5H3;1-2H,(H,8,9). The lowest BCUT2D eigenvalue weighted by Crippen LogP contribution is -2.43. The van der Waals surface area contributed by atoms with E-state index in [1.54, 1.807) is 23.4 Å². The monoisotopic (exact) mass is 986 g/mol. The van der Waals surface area contributed by atoms with Crippen LogP contribution in [0.15, 0.2) is 38.3 Å². The number of hydrogen-bond acceptors (Lipinski definition) is 8. The summed E-state index contributed by atoms with van der Waals surface area (Å²) in [7, 11) is 0. The molecule has 0 atom stereocenters. The predicted octanol–water partition coefficient (Wildman–Crippen LogP) is 7.84. The number of nitrogens with zero attached hydrogens (tertiary/aromatic N) is 3. The SMILES string of the molecule is CC(C)N(CCO)C(=O)OC(C)(C)C.CC(C)N(CCOc1ncc(Br)cc1I)C(=O)OC(C)(C)C.O=c1[nH]cc(Br)cc1I. The first kappa shape index (κ1) is 43.8. The van der Waals surface area contributed by atoms with E-state index in [-0.39, 0.29) is 36.4 Å². The van der Waals surface area contributed by atoms with Crippen molar-refractivity contribution in [2.75, 3.05) is 26.3 Å². The van der Waals surface area contributed by atoms with Gasteiger partial charge in [-0.05, 0) is 158 Å². The Morgan fingerprint density at radius 3 is 1.73 bits per heavy atom. The molecule has 2 rings (SSSR count). The van der Waals surface area contributed by atoms with Crippen molar-refractivity contribution in [1.82, 2.24) is 19.8 Å². The summed E-state index contributed by atoms with van der Waals surface area (Å²) in [5.41, 5.74) is -1.04. The van der Waals surface area contributed by atoms with Crippen LogP contribution in [0.2, 0.25) is 0 Å². The van der Waals surface area contributed by atoms with Crippen LogP contribution in [0.25, 0.3) is 0 Å². The van der Waals surface area contributed by atoms with Gasteiger partial charge in [-0.3, -0.25) is 4.79 Å². The van der Waals surface area contributed by atoms with E-state index in [2.05, 4.69) is 64.4 Å². The van der Waals surface area contributed by atoms with Crippen LogP contribution in [-0.2, 0) is 9.47 Å². The number of halogens is 4. The Labute approximate surface area is 311 Å². The number of carbonyl (C=O) groups is 2. The molecule has 0 saturated heterocycles. The number of rotatable bonds is 8. The van der Waals surface area contributed by atoms with Gasteiger partial charge in [0.15, 0.2) is 0 Å². The van der Waals surface area contributed by atoms with Crippen LogP contribution >= 0.6 is 77.0 Å². The normalized spacial score (nSPS) is 11.1. The van der Waals surface area contributed by atoms with E-state index in [0.717, 1.165) is 12.5 Å². The van der Waals surface area contributed by atoms with Crippen molar-refractivity contribution in [3.63, 3.8) is 0 Å². The van der Waals surface area contributed by atoms with Crippen LogP contribution in [0, 0.1) is 7.14 Å². The molecule has 0 bridgehead atoms. The molecule has 2 aromatic heterocycles. The number of carbonyl (C=O) groups excluding carboxylic acids is 2. The molecule has 0 unspecified atom stereocenters. The van der Waals surface area contributed by atoms with Gasteiger partial charge in [-0.1, -0.05) is 0 Å². The third kappa shape index (κ3) is 19.9. The molecule has 0 radical (unpaired) electrons. The highest BCUT2D eigenvalue weighted by Gasteiger charge is 2.25. The molecule has 2 heterocycles. The number of aliphatic hydroxyl groups excluding tert-OH is 1. The fraction of sp³-hybridized carbons (Fsp3) is 0.600. The lowest BCUT2D eigenvalue weighted by Gasteiger charge is -2.30. The van der Waals surface area contributed by atoms with Gasteiger partial charge in [-0.15, -0.1) is 0 Å². The molecule has 0 aliphatic heterocycles. The van der Waals surface area contributed by atoms with E-state index in [1.165, 1.54) is 4.90 Å². The van der Waals surface area contributed by atoms with Crippen LogP contribution in [0.5, 0.6) is 5.88 Å². The van der Waals surface area contributed by atoms with Gasteiger partial charge in [0.25, 0.3) is 5.56 Å². The zero-order valence-electron chi connectivity index (χ0n) is 27.5. The number of aliphatic hydroxyl groups is 1. The molecule has 0 aliphatic rings. The first-order valence-corrected chi connectivity index (χ1v) is 17.9. The second kappa shape index (κ2) is 20.9. The van der Waals surface area contributed by atoms with Crippen molar-refractivity contribution in [1.29, 1.82) is 0 Å². The lowest BCUT2D eigenvalue weighted by atomic mass is 10.2. The molecule has 0 spiro atoms. The maximum atomic E-state index is 12.2. The van der Waals surface area contributed by atoms with Crippen LogP contribution in [0.1, 0.15) is 69.2 Å². The molecule has 0 fully saturated rings. The van der Waals surface area contributed by atoms with Crippen molar-refractivity contribution < 1.29 is 28.9 Å². The van der Waals surface area contributed by atoms with Gasteiger partial charge < -0.3 is 34.1 Å². The fourth-order valence-electron chi connectivity index (χ4n) is 3.05. The van der Waals surface area contributed by atoms with E-state index in [0.29, 0.717) is 29.1 Å². The Balaban J connectivity index is 0.000000715. The van der Waals surface area contributed by atoms with Gasteiger partial charge >= 0.3 is 12.2 Å². The Morgan fingerprint density at radius 1 is 0.889 bits per heavy atom. The van der Waals surface area contributed by atoms with Crippen molar-refractivity contribution in [2.45, 2.75) is 92.5 Å². The maximum Gasteiger partial charge on any atom is 0.410 e. The molecule has 45 heavy (non-hydrogen) atoms. The molecule has 0 aliphatic carbocycles. The summed E-state index contributed by atoms with van der Waals surface area (Å²) >= 11 is 10.7. The molecule has 2 amide bonds. The average molecular weight is 988 g/mol. The first-order valence-electron chi connectivity index (χ1n) is 14.2. The van der Waals surface area contributed by atoms with Crippen molar-refractivity contribution >= 4 is 89.2 Å². The van der Waals surface area contributed by atoms with Crippen LogP contribution < -0.4 is 10.3 Å². The average Bonchev–Trinajstić information content (AvgIpc) is 2.86. The molecule has 0 saturated carbocycles.